The minimum Gasteiger partial charge on any atom is -0.468 e. The highest BCUT2D eigenvalue weighted by atomic mass is 35.5. The molecule has 1 aliphatic rings. The zero-order valence-corrected chi connectivity index (χ0v) is 11.4. The number of rotatable bonds is 4. The van der Waals surface area contributed by atoms with E-state index < -0.39 is 11.5 Å². The van der Waals surface area contributed by atoms with E-state index >= 15 is 0 Å². The third-order valence-corrected chi connectivity index (χ3v) is 3.57. The fourth-order valence-electron chi connectivity index (χ4n) is 2.16. The molecule has 0 bridgehead atoms. The van der Waals surface area contributed by atoms with Crippen molar-refractivity contribution in [2.24, 2.45) is 0 Å². The average Bonchev–Trinajstić information content (AvgIpc) is 2.91. The lowest BCUT2D eigenvalue weighted by Gasteiger charge is -2.14. The maximum atomic E-state index is 11.9. The van der Waals surface area contributed by atoms with Gasteiger partial charge >= 0.3 is 5.97 Å². The van der Waals surface area contributed by atoms with Crippen molar-refractivity contribution in [1.29, 1.82) is 0 Å². The van der Waals surface area contributed by atoms with Gasteiger partial charge in [0.05, 0.1) is 19.0 Å². The van der Waals surface area contributed by atoms with E-state index in [2.05, 4.69) is 15.2 Å². The van der Waals surface area contributed by atoms with E-state index in [-0.39, 0.29) is 11.6 Å². The molecule has 1 fully saturated rings. The molecule has 1 aromatic heterocycles. The molecule has 0 aliphatic heterocycles. The van der Waals surface area contributed by atoms with E-state index in [0.29, 0.717) is 11.7 Å². The predicted molar refractivity (Wildman–Crippen MR) is 71.4 cm³/mol. The van der Waals surface area contributed by atoms with Gasteiger partial charge in [0, 0.05) is 6.04 Å². The fourth-order valence-corrected chi connectivity index (χ4v) is 2.36. The third-order valence-electron chi connectivity index (χ3n) is 3.21. The molecule has 19 heavy (non-hydrogen) atoms. The molecule has 1 N–H and O–H groups in total. The van der Waals surface area contributed by atoms with Crippen LogP contribution in [0.4, 0.5) is 5.69 Å². The number of ether oxygens (including phenoxy) is 1. The van der Waals surface area contributed by atoms with Gasteiger partial charge in [-0.3, -0.25) is 9.59 Å². The zero-order valence-electron chi connectivity index (χ0n) is 10.7. The Morgan fingerprint density at radius 2 is 2.26 bits per heavy atom. The van der Waals surface area contributed by atoms with Crippen LogP contribution in [0, 0.1) is 0 Å². The van der Waals surface area contributed by atoms with Crippen molar-refractivity contribution in [2.75, 3.05) is 12.4 Å². The second kappa shape index (κ2) is 6.06. The van der Waals surface area contributed by atoms with Crippen LogP contribution in [0.5, 0.6) is 0 Å². The van der Waals surface area contributed by atoms with Gasteiger partial charge in [-0.2, -0.15) is 5.10 Å². The standard InChI is InChI=1S/C12H16ClN3O3/c1-19-10(17)7-16-12(18)11(13)9(6-14-16)15-8-4-2-3-5-8/h6,8,15H,2-5,7H2,1H3. The number of aromatic nitrogens is 2. The number of carbonyl (C=O) groups is 1. The van der Waals surface area contributed by atoms with E-state index in [4.69, 9.17) is 11.6 Å². The van der Waals surface area contributed by atoms with Crippen LogP contribution >= 0.6 is 11.6 Å². The molecule has 0 spiro atoms. The lowest BCUT2D eigenvalue weighted by atomic mass is 10.2. The number of hydrogen-bond acceptors (Lipinski definition) is 5. The number of carbonyl (C=O) groups excluding carboxylic acids is 1. The van der Waals surface area contributed by atoms with Crippen LogP contribution < -0.4 is 10.9 Å². The molecule has 0 unspecified atom stereocenters. The van der Waals surface area contributed by atoms with Crippen LogP contribution in [-0.4, -0.2) is 28.9 Å². The summed E-state index contributed by atoms with van der Waals surface area (Å²) in [6, 6.07) is 0.343. The molecule has 1 heterocycles. The molecular formula is C12H16ClN3O3. The number of methoxy groups -OCH3 is 1. The third kappa shape index (κ3) is 3.26. The lowest BCUT2D eigenvalue weighted by molar-refractivity contribution is -0.141. The summed E-state index contributed by atoms with van der Waals surface area (Å²) in [5, 5.41) is 7.21. The van der Waals surface area contributed by atoms with Crippen LogP contribution in [0.3, 0.4) is 0 Å². The second-order valence-electron chi connectivity index (χ2n) is 4.54. The van der Waals surface area contributed by atoms with Crippen LogP contribution in [0.1, 0.15) is 25.7 Å². The Morgan fingerprint density at radius 3 is 2.89 bits per heavy atom. The van der Waals surface area contributed by atoms with E-state index in [1.165, 1.54) is 26.1 Å². The summed E-state index contributed by atoms with van der Waals surface area (Å²) in [4.78, 5) is 23.1. The van der Waals surface area contributed by atoms with Gasteiger partial charge in [-0.25, -0.2) is 4.68 Å². The maximum Gasteiger partial charge on any atom is 0.327 e. The van der Waals surface area contributed by atoms with Crippen LogP contribution in [0.25, 0.3) is 0 Å². The summed E-state index contributed by atoms with van der Waals surface area (Å²) in [5.74, 6) is -0.540. The summed E-state index contributed by atoms with van der Waals surface area (Å²) < 4.78 is 5.48. The summed E-state index contributed by atoms with van der Waals surface area (Å²) in [7, 11) is 1.25. The van der Waals surface area contributed by atoms with Crippen molar-refractivity contribution in [3.8, 4) is 0 Å². The Labute approximate surface area is 115 Å². The minimum atomic E-state index is -0.540. The largest absolute Gasteiger partial charge is 0.468 e. The molecule has 1 aromatic rings. The van der Waals surface area contributed by atoms with Crippen molar-refractivity contribution in [1.82, 2.24) is 9.78 Å². The average molecular weight is 286 g/mol. The van der Waals surface area contributed by atoms with Gasteiger partial charge < -0.3 is 10.1 Å². The van der Waals surface area contributed by atoms with Gasteiger partial charge in [-0.1, -0.05) is 24.4 Å². The smallest absolute Gasteiger partial charge is 0.327 e. The molecule has 0 atom stereocenters. The predicted octanol–water partition coefficient (Wildman–Crippen LogP) is 1.42. The normalized spacial score (nSPS) is 15.5. The van der Waals surface area contributed by atoms with E-state index in [1.54, 1.807) is 0 Å². The molecule has 6 nitrogen and oxygen atoms in total. The minimum absolute atomic E-state index is 0.0609. The first kappa shape index (κ1) is 13.9. The quantitative estimate of drug-likeness (QED) is 0.847. The molecule has 0 aromatic carbocycles. The van der Waals surface area contributed by atoms with Gasteiger partial charge in [0.1, 0.15) is 11.6 Å². The number of hydrogen-bond donors (Lipinski definition) is 1. The summed E-state index contributed by atoms with van der Waals surface area (Å²) >= 11 is 6.02. The Morgan fingerprint density at radius 1 is 1.58 bits per heavy atom. The fraction of sp³-hybridized carbons (Fsp3) is 0.583. The van der Waals surface area contributed by atoms with E-state index in [0.717, 1.165) is 17.5 Å². The van der Waals surface area contributed by atoms with Crippen molar-refractivity contribution in [3.63, 3.8) is 0 Å². The lowest BCUT2D eigenvalue weighted by Crippen LogP contribution is -2.29. The number of nitrogens with zero attached hydrogens (tertiary/aromatic N) is 2. The highest BCUT2D eigenvalue weighted by Crippen LogP contribution is 2.24. The van der Waals surface area contributed by atoms with Gasteiger partial charge in [0.25, 0.3) is 5.56 Å². The van der Waals surface area contributed by atoms with E-state index in [9.17, 15) is 9.59 Å². The van der Waals surface area contributed by atoms with Crippen LogP contribution in [0.2, 0.25) is 5.02 Å². The number of nitrogens with one attached hydrogen (secondary N) is 1. The van der Waals surface area contributed by atoms with Crippen molar-refractivity contribution in [2.45, 2.75) is 38.3 Å². The molecule has 7 heteroatoms. The SMILES string of the molecule is COC(=O)Cn1ncc(NC2CCCC2)c(Cl)c1=O. The first-order valence-electron chi connectivity index (χ1n) is 6.21. The number of anilines is 1. The van der Waals surface area contributed by atoms with E-state index in [1.807, 2.05) is 0 Å². The number of esters is 1. The molecule has 104 valence electrons. The Kier molecular flexibility index (Phi) is 4.42. The summed E-state index contributed by atoms with van der Waals surface area (Å²) in [5.41, 5.74) is 0.0368. The summed E-state index contributed by atoms with van der Waals surface area (Å²) in [6.45, 7) is -0.237. The Balaban J connectivity index is 2.16. The molecule has 0 radical (unpaired) electrons. The highest BCUT2D eigenvalue weighted by Gasteiger charge is 2.18. The second-order valence-corrected chi connectivity index (χ2v) is 4.91. The zero-order chi connectivity index (χ0) is 13.8. The molecule has 2 rings (SSSR count). The molecule has 0 amide bonds. The first-order chi connectivity index (χ1) is 9.11. The van der Waals surface area contributed by atoms with Crippen molar-refractivity contribution >= 4 is 23.3 Å². The van der Waals surface area contributed by atoms with Gasteiger partial charge in [0.15, 0.2) is 0 Å². The molecular weight excluding hydrogens is 270 g/mol. The molecule has 1 aliphatic carbocycles. The summed E-state index contributed by atoms with van der Waals surface area (Å²) in [6.07, 6.45) is 5.98. The molecule has 1 saturated carbocycles. The maximum absolute atomic E-state index is 11.9. The topological polar surface area (TPSA) is 73.2 Å². The van der Waals surface area contributed by atoms with Gasteiger partial charge in [0.2, 0.25) is 0 Å². The first-order valence-corrected chi connectivity index (χ1v) is 6.58. The highest BCUT2D eigenvalue weighted by molar-refractivity contribution is 6.32. The Bertz CT molecular complexity index is 523. The Hall–Kier alpha value is -1.56. The van der Waals surface area contributed by atoms with Gasteiger partial charge in [-0.05, 0) is 12.8 Å². The van der Waals surface area contributed by atoms with Gasteiger partial charge in [-0.15, -0.1) is 0 Å². The monoisotopic (exact) mass is 285 g/mol. The van der Waals surface area contributed by atoms with Crippen LogP contribution in [-0.2, 0) is 16.1 Å². The van der Waals surface area contributed by atoms with Crippen LogP contribution in [0.15, 0.2) is 11.0 Å². The van der Waals surface area contributed by atoms with Crippen molar-refractivity contribution < 1.29 is 9.53 Å². The number of halogens is 1. The molecule has 0 saturated heterocycles. The van der Waals surface area contributed by atoms with Crippen molar-refractivity contribution in [3.05, 3.63) is 21.6 Å².